The number of hydrogen-bond donors (Lipinski definition) is 3. The summed E-state index contributed by atoms with van der Waals surface area (Å²) < 4.78 is 28.3. The van der Waals surface area contributed by atoms with Crippen LogP contribution in [0, 0.1) is 5.41 Å². The first kappa shape index (κ1) is 22.9. The average Bonchev–Trinajstić information content (AvgIpc) is 3.34. The van der Waals surface area contributed by atoms with Crippen LogP contribution in [0.2, 0.25) is 0 Å². The highest BCUT2D eigenvalue weighted by molar-refractivity contribution is 7.89. The second-order valence-corrected chi connectivity index (χ2v) is 12.5. The average molecular weight is 480 g/mol. The Labute approximate surface area is 201 Å². The number of benzene rings is 2. The number of nitrogens with one attached hydrogen (secondary N) is 2. The largest absolute Gasteiger partial charge is 0.399 e. The van der Waals surface area contributed by atoms with E-state index in [2.05, 4.69) is 19.6 Å². The van der Waals surface area contributed by atoms with E-state index in [0.29, 0.717) is 5.41 Å². The molecule has 180 valence electrons. The van der Waals surface area contributed by atoms with Gasteiger partial charge in [0.25, 0.3) is 0 Å². The van der Waals surface area contributed by atoms with Gasteiger partial charge in [0.2, 0.25) is 10.0 Å². The van der Waals surface area contributed by atoms with Gasteiger partial charge >= 0.3 is 0 Å². The van der Waals surface area contributed by atoms with Gasteiger partial charge in [0.15, 0.2) is 0 Å². The number of imidazole rings is 1. The molecule has 2 fully saturated rings. The van der Waals surface area contributed by atoms with Crippen LogP contribution in [-0.2, 0) is 10.0 Å². The van der Waals surface area contributed by atoms with E-state index in [0.717, 1.165) is 47.1 Å². The third kappa shape index (κ3) is 4.70. The van der Waals surface area contributed by atoms with E-state index in [1.165, 1.54) is 25.7 Å². The van der Waals surface area contributed by atoms with Crippen molar-refractivity contribution in [1.29, 1.82) is 0 Å². The van der Waals surface area contributed by atoms with Crippen molar-refractivity contribution < 1.29 is 8.42 Å². The highest BCUT2D eigenvalue weighted by atomic mass is 32.2. The molecule has 0 bridgehead atoms. The number of aromatic amines is 1. The summed E-state index contributed by atoms with van der Waals surface area (Å²) in [6, 6.07) is 12.9. The molecule has 34 heavy (non-hydrogen) atoms. The first-order valence-electron chi connectivity index (χ1n) is 11.9. The normalized spacial score (nSPS) is 17.8. The first-order chi connectivity index (χ1) is 16.0. The van der Waals surface area contributed by atoms with Crippen LogP contribution in [0.5, 0.6) is 0 Å². The standard InChI is InChI=1S/C26H33N5O2S/c1-25(2,3)30-34(32,33)20-6-4-5-18(15-20)22-17-28-24(29-22)21-8-7-19(27)16-23(21)31-13-11-26(9-10-26)12-14-31/h4-8,15-17,30H,9-14,27H2,1-3H3,(H,28,29). The molecule has 0 atom stereocenters. The number of nitrogens with two attached hydrogens (primary N) is 1. The molecule has 1 aliphatic heterocycles. The Morgan fingerprint density at radius 1 is 1.06 bits per heavy atom. The van der Waals surface area contributed by atoms with Crippen molar-refractivity contribution in [3.05, 3.63) is 48.7 Å². The van der Waals surface area contributed by atoms with Crippen molar-refractivity contribution >= 4 is 21.4 Å². The topological polar surface area (TPSA) is 104 Å². The Bertz CT molecular complexity index is 1310. The van der Waals surface area contributed by atoms with Gasteiger partial charge in [-0.3, -0.25) is 0 Å². The number of H-pyrrole nitrogens is 1. The van der Waals surface area contributed by atoms with Gasteiger partial charge in [-0.25, -0.2) is 18.1 Å². The fourth-order valence-electron chi connectivity index (χ4n) is 4.81. The minimum absolute atomic E-state index is 0.228. The first-order valence-corrected chi connectivity index (χ1v) is 13.4. The van der Waals surface area contributed by atoms with Gasteiger partial charge in [-0.15, -0.1) is 0 Å². The lowest BCUT2D eigenvalue weighted by molar-refractivity contribution is 0.384. The van der Waals surface area contributed by atoms with Gasteiger partial charge in [-0.2, -0.15) is 0 Å². The summed E-state index contributed by atoms with van der Waals surface area (Å²) in [5.74, 6) is 0.748. The zero-order valence-corrected chi connectivity index (χ0v) is 20.9. The van der Waals surface area contributed by atoms with Crippen molar-refractivity contribution in [3.8, 4) is 22.6 Å². The van der Waals surface area contributed by atoms with Crippen LogP contribution in [0.15, 0.2) is 53.6 Å². The second kappa shape index (κ2) is 8.13. The monoisotopic (exact) mass is 479 g/mol. The smallest absolute Gasteiger partial charge is 0.241 e. The number of nitrogen functional groups attached to an aromatic ring is 1. The molecule has 1 aliphatic carbocycles. The van der Waals surface area contributed by atoms with Crippen molar-refractivity contribution in [2.75, 3.05) is 23.7 Å². The number of anilines is 2. The predicted molar refractivity (Wildman–Crippen MR) is 137 cm³/mol. The lowest BCUT2D eigenvalue weighted by Crippen LogP contribution is -2.40. The molecule has 1 aromatic heterocycles. The molecule has 0 unspecified atom stereocenters. The van der Waals surface area contributed by atoms with E-state index >= 15 is 0 Å². The van der Waals surface area contributed by atoms with Crippen molar-refractivity contribution in [3.63, 3.8) is 0 Å². The molecule has 1 saturated heterocycles. The predicted octanol–water partition coefficient (Wildman–Crippen LogP) is 4.78. The van der Waals surface area contributed by atoms with E-state index in [4.69, 9.17) is 5.73 Å². The quantitative estimate of drug-likeness (QED) is 0.457. The summed E-state index contributed by atoms with van der Waals surface area (Å²) >= 11 is 0. The molecule has 1 spiro atoms. The maximum absolute atomic E-state index is 12.8. The Kier molecular flexibility index (Phi) is 5.48. The molecule has 3 aromatic rings. The van der Waals surface area contributed by atoms with Crippen molar-refractivity contribution in [2.45, 2.75) is 56.9 Å². The molecular weight excluding hydrogens is 446 g/mol. The van der Waals surface area contributed by atoms with Gasteiger partial charge in [0.1, 0.15) is 5.82 Å². The van der Waals surface area contributed by atoms with Gasteiger partial charge in [-0.1, -0.05) is 12.1 Å². The van der Waals surface area contributed by atoms with Gasteiger partial charge in [0, 0.05) is 41.1 Å². The molecule has 0 amide bonds. The summed E-state index contributed by atoms with van der Waals surface area (Å²) in [6.07, 6.45) is 6.95. The van der Waals surface area contributed by atoms with Gasteiger partial charge in [-0.05, 0) is 82.2 Å². The minimum atomic E-state index is -3.63. The van der Waals surface area contributed by atoms with E-state index in [1.807, 2.05) is 45.0 Å². The fourth-order valence-corrected chi connectivity index (χ4v) is 6.27. The zero-order valence-electron chi connectivity index (χ0n) is 20.1. The summed E-state index contributed by atoms with van der Waals surface area (Å²) in [4.78, 5) is 10.7. The van der Waals surface area contributed by atoms with Crippen molar-refractivity contribution in [2.24, 2.45) is 5.41 Å². The maximum Gasteiger partial charge on any atom is 0.241 e. The minimum Gasteiger partial charge on any atom is -0.399 e. The second-order valence-electron chi connectivity index (χ2n) is 10.8. The van der Waals surface area contributed by atoms with Gasteiger partial charge in [0.05, 0.1) is 16.8 Å². The molecule has 2 heterocycles. The van der Waals surface area contributed by atoms with E-state index in [9.17, 15) is 8.42 Å². The summed E-state index contributed by atoms with van der Waals surface area (Å²) in [7, 11) is -3.63. The highest BCUT2D eigenvalue weighted by Gasteiger charge is 2.44. The van der Waals surface area contributed by atoms with E-state index in [-0.39, 0.29) is 4.90 Å². The number of hydrogen-bond acceptors (Lipinski definition) is 5. The lowest BCUT2D eigenvalue weighted by Gasteiger charge is -2.35. The summed E-state index contributed by atoms with van der Waals surface area (Å²) in [5.41, 5.74) is 10.6. The molecular formula is C26H33N5O2S. The third-order valence-electron chi connectivity index (χ3n) is 6.87. The Hall–Kier alpha value is -2.84. The number of nitrogens with zero attached hydrogens (tertiary/aromatic N) is 2. The fraction of sp³-hybridized carbons (Fsp3) is 0.423. The Balaban J connectivity index is 1.44. The van der Waals surface area contributed by atoms with Crippen LogP contribution < -0.4 is 15.4 Å². The van der Waals surface area contributed by atoms with E-state index < -0.39 is 15.6 Å². The molecule has 4 N–H and O–H groups in total. The van der Waals surface area contributed by atoms with Crippen LogP contribution in [0.25, 0.3) is 22.6 Å². The Morgan fingerprint density at radius 3 is 2.47 bits per heavy atom. The van der Waals surface area contributed by atoms with Crippen LogP contribution in [0.1, 0.15) is 46.5 Å². The van der Waals surface area contributed by atoms with Crippen LogP contribution >= 0.6 is 0 Å². The SMILES string of the molecule is CC(C)(C)NS(=O)(=O)c1cccc(-c2cnc(-c3ccc(N)cc3N3CCC4(CC3)CC4)[nH]2)c1. The number of rotatable bonds is 5. The number of sulfonamides is 1. The molecule has 0 radical (unpaired) electrons. The van der Waals surface area contributed by atoms with Crippen LogP contribution in [0.3, 0.4) is 0 Å². The van der Waals surface area contributed by atoms with Crippen LogP contribution in [-0.4, -0.2) is 37.0 Å². The lowest BCUT2D eigenvalue weighted by atomic mass is 9.93. The Morgan fingerprint density at radius 2 is 1.79 bits per heavy atom. The van der Waals surface area contributed by atoms with E-state index in [1.54, 1.807) is 24.4 Å². The molecule has 5 rings (SSSR count). The highest BCUT2D eigenvalue weighted by Crippen LogP contribution is 2.54. The molecule has 7 nitrogen and oxygen atoms in total. The molecule has 2 aromatic carbocycles. The van der Waals surface area contributed by atoms with Crippen LogP contribution in [0.4, 0.5) is 11.4 Å². The van der Waals surface area contributed by atoms with Gasteiger partial charge < -0.3 is 15.6 Å². The zero-order chi connectivity index (χ0) is 24.1. The van der Waals surface area contributed by atoms with Crippen molar-refractivity contribution in [1.82, 2.24) is 14.7 Å². The number of piperidine rings is 1. The summed E-state index contributed by atoms with van der Waals surface area (Å²) in [5, 5.41) is 0. The molecule has 1 saturated carbocycles. The number of aromatic nitrogens is 2. The summed E-state index contributed by atoms with van der Waals surface area (Å²) in [6.45, 7) is 7.54. The molecule has 8 heteroatoms. The molecule has 2 aliphatic rings. The maximum atomic E-state index is 12.8. The third-order valence-corrected chi connectivity index (χ3v) is 8.63.